The summed E-state index contributed by atoms with van der Waals surface area (Å²) in [6.45, 7) is 5.25. The number of hydrogen-bond acceptors (Lipinski definition) is 3. The molecule has 0 aliphatic carbocycles. The fraction of sp³-hybridized carbons (Fsp3) is 0.400. The summed E-state index contributed by atoms with van der Waals surface area (Å²) in [4.78, 5) is 5.67. The number of nitrogens with zero attached hydrogens (tertiary/aromatic N) is 1. The number of aryl methyl sites for hydroxylation is 1. The number of halogens is 1. The van der Waals surface area contributed by atoms with Crippen molar-refractivity contribution in [3.05, 3.63) is 50.9 Å². The summed E-state index contributed by atoms with van der Waals surface area (Å²) in [6.07, 6.45) is 2.03. The van der Waals surface area contributed by atoms with Crippen molar-refractivity contribution < 1.29 is 0 Å². The maximum Gasteiger partial charge on any atom is 0.0798 e. The highest BCUT2D eigenvalue weighted by atomic mass is 35.5. The molecule has 1 aromatic carbocycles. The Bertz CT molecular complexity index is 524. The van der Waals surface area contributed by atoms with Crippen molar-refractivity contribution in [3.63, 3.8) is 0 Å². The zero-order valence-corrected chi connectivity index (χ0v) is 12.9. The molecule has 2 nitrogen and oxygen atoms in total. The minimum absolute atomic E-state index is 0.298. The van der Waals surface area contributed by atoms with E-state index in [2.05, 4.69) is 30.2 Å². The van der Waals surface area contributed by atoms with Crippen molar-refractivity contribution in [2.75, 3.05) is 6.54 Å². The molecule has 2 rings (SSSR count). The molecule has 0 amide bonds. The molecule has 1 aromatic heterocycles. The van der Waals surface area contributed by atoms with Crippen LogP contribution in [0.4, 0.5) is 0 Å². The Morgan fingerprint density at radius 3 is 2.79 bits per heavy atom. The van der Waals surface area contributed by atoms with E-state index < -0.39 is 0 Å². The first-order valence-electron chi connectivity index (χ1n) is 6.59. The lowest BCUT2D eigenvalue weighted by Gasteiger charge is -2.18. The van der Waals surface area contributed by atoms with E-state index in [0.717, 1.165) is 30.1 Å². The smallest absolute Gasteiger partial charge is 0.0798 e. The number of hydrogen-bond donors (Lipinski definition) is 1. The summed E-state index contributed by atoms with van der Waals surface area (Å²) in [7, 11) is 0. The van der Waals surface area contributed by atoms with Crippen LogP contribution in [-0.2, 0) is 6.42 Å². The van der Waals surface area contributed by atoms with E-state index in [9.17, 15) is 0 Å². The Balaban J connectivity index is 2.19. The van der Waals surface area contributed by atoms with E-state index >= 15 is 0 Å². The van der Waals surface area contributed by atoms with Crippen molar-refractivity contribution in [1.29, 1.82) is 0 Å². The Kier molecular flexibility index (Phi) is 5.37. The van der Waals surface area contributed by atoms with E-state index in [-0.39, 0.29) is 0 Å². The van der Waals surface area contributed by atoms with Gasteiger partial charge in [-0.1, -0.05) is 36.7 Å². The van der Waals surface area contributed by atoms with Crippen LogP contribution in [0.15, 0.2) is 29.8 Å². The summed E-state index contributed by atoms with van der Waals surface area (Å²) >= 11 is 7.98. The number of aromatic nitrogens is 1. The van der Waals surface area contributed by atoms with E-state index in [0.29, 0.717) is 6.04 Å². The zero-order valence-electron chi connectivity index (χ0n) is 11.3. The van der Waals surface area contributed by atoms with Crippen LogP contribution >= 0.6 is 22.9 Å². The van der Waals surface area contributed by atoms with Crippen LogP contribution in [0.3, 0.4) is 0 Å². The van der Waals surface area contributed by atoms with Gasteiger partial charge in [0.25, 0.3) is 0 Å². The Labute approximate surface area is 123 Å². The Hall–Kier alpha value is -0.900. The molecule has 0 spiro atoms. The first kappa shape index (κ1) is 14.5. The van der Waals surface area contributed by atoms with Gasteiger partial charge in [-0.2, -0.15) is 0 Å². The van der Waals surface area contributed by atoms with Crippen molar-refractivity contribution in [3.8, 4) is 0 Å². The van der Waals surface area contributed by atoms with E-state index in [1.54, 1.807) is 11.3 Å². The third-order valence-corrected chi connectivity index (χ3v) is 4.54. The van der Waals surface area contributed by atoms with Crippen LogP contribution in [0.25, 0.3) is 0 Å². The van der Waals surface area contributed by atoms with Crippen molar-refractivity contribution in [1.82, 2.24) is 10.3 Å². The standard InChI is InChI=1S/C15H19ClN2S/c1-3-8-17-14(15-11(2)18-10-19-15)9-12-6-4-5-7-13(12)16/h4-7,10,14,17H,3,8-9H2,1-2H3. The third-order valence-electron chi connectivity index (χ3n) is 3.12. The molecule has 102 valence electrons. The second-order valence-electron chi connectivity index (χ2n) is 4.60. The molecule has 0 aliphatic rings. The zero-order chi connectivity index (χ0) is 13.7. The molecular weight excluding hydrogens is 276 g/mol. The van der Waals surface area contributed by atoms with Gasteiger partial charge in [-0.05, 0) is 37.9 Å². The molecule has 1 heterocycles. The Morgan fingerprint density at radius 2 is 2.16 bits per heavy atom. The summed E-state index contributed by atoms with van der Waals surface area (Å²) in [5, 5.41) is 4.44. The van der Waals surface area contributed by atoms with Gasteiger partial charge in [0, 0.05) is 15.9 Å². The highest BCUT2D eigenvalue weighted by molar-refractivity contribution is 7.09. The number of nitrogens with one attached hydrogen (secondary N) is 1. The highest BCUT2D eigenvalue weighted by Crippen LogP contribution is 2.27. The largest absolute Gasteiger partial charge is 0.309 e. The monoisotopic (exact) mass is 294 g/mol. The quantitative estimate of drug-likeness (QED) is 0.855. The van der Waals surface area contributed by atoms with Gasteiger partial charge < -0.3 is 5.32 Å². The van der Waals surface area contributed by atoms with Gasteiger partial charge in [0.15, 0.2) is 0 Å². The fourth-order valence-corrected chi connectivity index (χ4v) is 3.20. The lowest BCUT2D eigenvalue weighted by Crippen LogP contribution is -2.24. The Morgan fingerprint density at radius 1 is 1.37 bits per heavy atom. The second kappa shape index (κ2) is 7.04. The molecular formula is C15H19ClN2S. The van der Waals surface area contributed by atoms with Crippen LogP contribution in [-0.4, -0.2) is 11.5 Å². The summed E-state index contributed by atoms with van der Waals surface area (Å²) in [6, 6.07) is 8.36. The van der Waals surface area contributed by atoms with Crippen LogP contribution in [0.1, 0.15) is 35.5 Å². The molecule has 0 fully saturated rings. The highest BCUT2D eigenvalue weighted by Gasteiger charge is 2.17. The normalized spacial score (nSPS) is 12.6. The maximum atomic E-state index is 6.26. The van der Waals surface area contributed by atoms with Crippen LogP contribution in [0, 0.1) is 6.92 Å². The van der Waals surface area contributed by atoms with Gasteiger partial charge >= 0.3 is 0 Å². The maximum absolute atomic E-state index is 6.26. The van der Waals surface area contributed by atoms with Crippen LogP contribution in [0.5, 0.6) is 0 Å². The predicted molar refractivity (Wildman–Crippen MR) is 83.0 cm³/mol. The lowest BCUT2D eigenvalue weighted by atomic mass is 10.0. The average molecular weight is 295 g/mol. The summed E-state index contributed by atoms with van der Waals surface area (Å²) < 4.78 is 0. The molecule has 0 aliphatic heterocycles. The van der Waals surface area contributed by atoms with E-state index in [4.69, 9.17) is 11.6 Å². The number of rotatable bonds is 6. The molecule has 1 atom stereocenters. The van der Waals surface area contributed by atoms with Gasteiger partial charge in [0.05, 0.1) is 11.2 Å². The molecule has 0 saturated heterocycles. The molecule has 1 unspecified atom stereocenters. The van der Waals surface area contributed by atoms with Crippen molar-refractivity contribution in [2.24, 2.45) is 0 Å². The van der Waals surface area contributed by atoms with Crippen LogP contribution < -0.4 is 5.32 Å². The molecule has 4 heteroatoms. The predicted octanol–water partition coefficient (Wildman–Crippen LogP) is 4.39. The van der Waals surface area contributed by atoms with E-state index in [1.165, 1.54) is 10.4 Å². The minimum atomic E-state index is 0.298. The van der Waals surface area contributed by atoms with Gasteiger partial charge in [0.1, 0.15) is 0 Å². The van der Waals surface area contributed by atoms with Crippen molar-refractivity contribution >= 4 is 22.9 Å². The molecule has 0 bridgehead atoms. The van der Waals surface area contributed by atoms with Gasteiger partial charge in [-0.3, -0.25) is 0 Å². The van der Waals surface area contributed by atoms with Gasteiger partial charge in [0.2, 0.25) is 0 Å². The molecule has 2 aromatic rings. The fourth-order valence-electron chi connectivity index (χ4n) is 2.11. The SMILES string of the molecule is CCCNC(Cc1ccccc1Cl)c1scnc1C. The molecule has 1 N–H and O–H groups in total. The van der Waals surface area contributed by atoms with Gasteiger partial charge in [-0.25, -0.2) is 4.98 Å². The van der Waals surface area contributed by atoms with Crippen molar-refractivity contribution in [2.45, 2.75) is 32.7 Å². The average Bonchev–Trinajstić information content (AvgIpc) is 2.83. The molecule has 19 heavy (non-hydrogen) atoms. The first-order chi connectivity index (χ1) is 9.22. The second-order valence-corrected chi connectivity index (χ2v) is 5.90. The topological polar surface area (TPSA) is 24.9 Å². The number of benzene rings is 1. The van der Waals surface area contributed by atoms with E-state index in [1.807, 2.05) is 23.7 Å². The first-order valence-corrected chi connectivity index (χ1v) is 7.85. The summed E-state index contributed by atoms with van der Waals surface area (Å²) in [5.74, 6) is 0. The minimum Gasteiger partial charge on any atom is -0.309 e. The third kappa shape index (κ3) is 3.78. The molecule has 0 radical (unpaired) electrons. The van der Waals surface area contributed by atoms with Crippen LogP contribution in [0.2, 0.25) is 5.02 Å². The van der Waals surface area contributed by atoms with Gasteiger partial charge in [-0.15, -0.1) is 11.3 Å². The number of thiazole rings is 1. The lowest BCUT2D eigenvalue weighted by molar-refractivity contribution is 0.534. The summed E-state index contributed by atoms with van der Waals surface area (Å²) in [5.41, 5.74) is 4.22. The molecule has 0 saturated carbocycles.